The number of fused-ring (bicyclic) bond motifs is 1. The summed E-state index contributed by atoms with van der Waals surface area (Å²) in [5.74, 6) is -0.448. The Morgan fingerprint density at radius 1 is 1.23 bits per heavy atom. The molecule has 0 saturated carbocycles. The van der Waals surface area contributed by atoms with Gasteiger partial charge in [-0.15, -0.1) is 0 Å². The lowest BCUT2D eigenvalue weighted by atomic mass is 10.3. The van der Waals surface area contributed by atoms with Gasteiger partial charge in [0.25, 0.3) is 5.56 Å². The van der Waals surface area contributed by atoms with Crippen LogP contribution in [-0.4, -0.2) is 43.7 Å². The summed E-state index contributed by atoms with van der Waals surface area (Å²) in [6.07, 6.45) is -2.30. The zero-order chi connectivity index (χ0) is 22.6. The largest absolute Gasteiger partial charge is 0.484 e. The van der Waals surface area contributed by atoms with Crippen LogP contribution in [0.3, 0.4) is 0 Å². The van der Waals surface area contributed by atoms with Crippen LogP contribution in [0.4, 0.5) is 13.2 Å². The molecular formula is C20H20F3N3O4S. The highest BCUT2D eigenvalue weighted by atomic mass is 32.2. The van der Waals surface area contributed by atoms with Gasteiger partial charge in [0, 0.05) is 24.9 Å². The molecule has 0 aliphatic rings. The van der Waals surface area contributed by atoms with E-state index >= 15 is 0 Å². The standard InChI is InChI=1S/C20H20F3N3O4S/c1-2-25-10-9-15-17(25)24-19(31-11-3-4-16(27)28)26(18(15)29)13-5-7-14(8-6-13)30-12-20(21,22)23/h5-10H,2-4,11-12H2,1H3,(H,27,28). The number of ether oxygens (including phenoxy) is 1. The van der Waals surface area contributed by atoms with Gasteiger partial charge in [-0.3, -0.25) is 14.2 Å². The van der Waals surface area contributed by atoms with Gasteiger partial charge in [0.15, 0.2) is 11.8 Å². The molecule has 0 aliphatic carbocycles. The average molecular weight is 455 g/mol. The van der Waals surface area contributed by atoms with Gasteiger partial charge in [0.1, 0.15) is 11.4 Å². The molecule has 31 heavy (non-hydrogen) atoms. The number of carboxylic acids is 1. The van der Waals surface area contributed by atoms with Crippen LogP contribution in [0.15, 0.2) is 46.5 Å². The second-order valence-electron chi connectivity index (χ2n) is 6.62. The quantitative estimate of drug-likeness (QED) is 0.297. The van der Waals surface area contributed by atoms with E-state index in [2.05, 4.69) is 4.98 Å². The van der Waals surface area contributed by atoms with Gasteiger partial charge in [-0.05, 0) is 43.7 Å². The molecule has 0 unspecified atom stereocenters. The minimum atomic E-state index is -4.45. The molecule has 166 valence electrons. The van der Waals surface area contributed by atoms with Gasteiger partial charge in [-0.25, -0.2) is 4.98 Å². The molecule has 3 rings (SSSR count). The van der Waals surface area contributed by atoms with Crippen LogP contribution >= 0.6 is 11.8 Å². The molecule has 7 nitrogen and oxygen atoms in total. The van der Waals surface area contributed by atoms with Crippen molar-refractivity contribution in [2.24, 2.45) is 0 Å². The van der Waals surface area contributed by atoms with Crippen LogP contribution in [0.5, 0.6) is 5.75 Å². The Balaban J connectivity index is 1.97. The third-order valence-electron chi connectivity index (χ3n) is 4.36. The number of thioether (sulfide) groups is 1. The van der Waals surface area contributed by atoms with E-state index in [-0.39, 0.29) is 17.7 Å². The highest BCUT2D eigenvalue weighted by Crippen LogP contribution is 2.25. The Kier molecular flexibility index (Phi) is 6.94. The van der Waals surface area contributed by atoms with Crippen molar-refractivity contribution in [1.82, 2.24) is 14.1 Å². The number of hydrogen-bond acceptors (Lipinski definition) is 5. The third-order valence-corrected chi connectivity index (χ3v) is 5.39. The summed E-state index contributed by atoms with van der Waals surface area (Å²) >= 11 is 1.25. The summed E-state index contributed by atoms with van der Waals surface area (Å²) in [6.45, 7) is 1.13. The van der Waals surface area contributed by atoms with E-state index in [1.54, 1.807) is 12.3 Å². The van der Waals surface area contributed by atoms with Crippen molar-refractivity contribution in [3.63, 3.8) is 0 Å². The van der Waals surface area contributed by atoms with Crippen LogP contribution in [0.2, 0.25) is 0 Å². The second kappa shape index (κ2) is 9.46. The summed E-state index contributed by atoms with van der Waals surface area (Å²) in [5, 5.41) is 9.61. The first-order valence-corrected chi connectivity index (χ1v) is 10.4. The van der Waals surface area contributed by atoms with E-state index in [9.17, 15) is 22.8 Å². The first-order valence-electron chi connectivity index (χ1n) is 9.46. The first kappa shape index (κ1) is 22.7. The van der Waals surface area contributed by atoms with Gasteiger partial charge in [0.2, 0.25) is 0 Å². The third kappa shape index (κ3) is 5.60. The molecule has 11 heteroatoms. The number of benzene rings is 1. The van der Waals surface area contributed by atoms with Crippen molar-refractivity contribution in [2.75, 3.05) is 12.4 Å². The van der Waals surface area contributed by atoms with Gasteiger partial charge in [0.05, 0.1) is 11.1 Å². The van der Waals surface area contributed by atoms with Crippen molar-refractivity contribution < 1.29 is 27.8 Å². The number of hydrogen-bond donors (Lipinski definition) is 1. The summed E-state index contributed by atoms with van der Waals surface area (Å²) < 4.78 is 45.0. The van der Waals surface area contributed by atoms with Crippen LogP contribution in [0.25, 0.3) is 16.7 Å². The summed E-state index contributed by atoms with van der Waals surface area (Å²) in [5.41, 5.74) is 0.625. The molecule has 0 saturated heterocycles. The lowest BCUT2D eigenvalue weighted by Crippen LogP contribution is -2.22. The van der Waals surface area contributed by atoms with E-state index in [0.29, 0.717) is 40.6 Å². The van der Waals surface area contributed by atoms with Gasteiger partial charge < -0.3 is 14.4 Å². The van der Waals surface area contributed by atoms with Crippen molar-refractivity contribution in [3.05, 3.63) is 46.9 Å². The lowest BCUT2D eigenvalue weighted by Gasteiger charge is -2.14. The molecule has 0 fully saturated rings. The second-order valence-corrected chi connectivity index (χ2v) is 7.68. The zero-order valence-corrected chi connectivity index (χ0v) is 17.4. The minimum absolute atomic E-state index is 0.00391. The van der Waals surface area contributed by atoms with Gasteiger partial charge in [-0.1, -0.05) is 11.8 Å². The molecule has 2 heterocycles. The maximum atomic E-state index is 13.2. The number of nitrogens with zero attached hydrogens (tertiary/aromatic N) is 3. The predicted molar refractivity (Wildman–Crippen MR) is 110 cm³/mol. The Morgan fingerprint density at radius 2 is 1.94 bits per heavy atom. The molecule has 3 aromatic rings. The highest BCUT2D eigenvalue weighted by Gasteiger charge is 2.28. The predicted octanol–water partition coefficient (Wildman–Crippen LogP) is 4.11. The van der Waals surface area contributed by atoms with Crippen molar-refractivity contribution in [2.45, 2.75) is 37.6 Å². The number of aromatic nitrogens is 3. The molecular weight excluding hydrogens is 435 g/mol. The Hall–Kier alpha value is -2.95. The van der Waals surface area contributed by atoms with Gasteiger partial charge in [-0.2, -0.15) is 13.2 Å². The maximum Gasteiger partial charge on any atom is 0.422 e. The van der Waals surface area contributed by atoms with E-state index in [1.165, 1.54) is 40.6 Å². The first-order chi connectivity index (χ1) is 14.7. The summed E-state index contributed by atoms with van der Waals surface area (Å²) in [7, 11) is 0. The molecule has 1 aromatic carbocycles. The van der Waals surface area contributed by atoms with E-state index in [4.69, 9.17) is 9.84 Å². The Bertz CT molecular complexity index is 1120. The molecule has 0 aliphatic heterocycles. The maximum absolute atomic E-state index is 13.2. The molecule has 2 aromatic heterocycles. The lowest BCUT2D eigenvalue weighted by molar-refractivity contribution is -0.153. The normalized spacial score (nSPS) is 11.7. The fourth-order valence-electron chi connectivity index (χ4n) is 2.93. The average Bonchev–Trinajstić information content (AvgIpc) is 3.13. The molecule has 1 N–H and O–H groups in total. The van der Waals surface area contributed by atoms with Crippen LogP contribution < -0.4 is 10.3 Å². The highest BCUT2D eigenvalue weighted by molar-refractivity contribution is 7.99. The number of aliphatic carboxylic acids is 1. The van der Waals surface area contributed by atoms with Gasteiger partial charge >= 0.3 is 12.1 Å². The number of carboxylic acid groups (broad SMARTS) is 1. The smallest absolute Gasteiger partial charge is 0.422 e. The van der Waals surface area contributed by atoms with Crippen molar-refractivity contribution in [1.29, 1.82) is 0 Å². The van der Waals surface area contributed by atoms with E-state index in [1.807, 2.05) is 11.5 Å². The number of carbonyl (C=O) groups is 1. The summed E-state index contributed by atoms with van der Waals surface area (Å²) in [6, 6.07) is 7.35. The van der Waals surface area contributed by atoms with Crippen LogP contribution in [0.1, 0.15) is 19.8 Å². The van der Waals surface area contributed by atoms with Crippen molar-refractivity contribution >= 4 is 28.8 Å². The van der Waals surface area contributed by atoms with E-state index in [0.717, 1.165) is 0 Å². The topological polar surface area (TPSA) is 86.3 Å². The Labute approximate surface area is 179 Å². The molecule has 0 bridgehead atoms. The molecule has 0 atom stereocenters. The van der Waals surface area contributed by atoms with Crippen molar-refractivity contribution in [3.8, 4) is 11.4 Å². The minimum Gasteiger partial charge on any atom is -0.484 e. The molecule has 0 spiro atoms. The molecule has 0 amide bonds. The number of rotatable bonds is 9. The monoisotopic (exact) mass is 455 g/mol. The number of aryl methyl sites for hydroxylation is 1. The summed E-state index contributed by atoms with van der Waals surface area (Å²) in [4.78, 5) is 28.6. The van der Waals surface area contributed by atoms with E-state index < -0.39 is 18.8 Å². The molecule has 0 radical (unpaired) electrons. The Morgan fingerprint density at radius 3 is 2.55 bits per heavy atom. The van der Waals surface area contributed by atoms with Crippen LogP contribution in [0, 0.1) is 0 Å². The zero-order valence-electron chi connectivity index (χ0n) is 16.6. The number of alkyl halides is 3. The SMILES string of the molecule is CCn1ccc2c(=O)n(-c3ccc(OCC(F)(F)F)cc3)c(SCCCC(=O)O)nc21. The fraction of sp³-hybridized carbons (Fsp3) is 0.350. The van der Waals surface area contributed by atoms with Crippen LogP contribution in [-0.2, 0) is 11.3 Å². The number of halogens is 3. The fourth-order valence-corrected chi connectivity index (χ4v) is 3.87.